The fraction of sp³-hybridized carbons (Fsp3) is 0. The highest BCUT2D eigenvalue weighted by atomic mass is 15.3. The number of nitrogens with one attached hydrogen (secondary N) is 2. The molecule has 49 heavy (non-hydrogen) atoms. The van der Waals surface area contributed by atoms with Gasteiger partial charge in [0.05, 0.1) is 45.0 Å². The second kappa shape index (κ2) is 11.8. The second-order valence-corrected chi connectivity index (χ2v) is 12.0. The van der Waals surface area contributed by atoms with Crippen molar-refractivity contribution in [3.05, 3.63) is 163 Å². The second-order valence-electron chi connectivity index (χ2n) is 12.0. The van der Waals surface area contributed by atoms with Crippen LogP contribution in [0.4, 0.5) is 5.69 Å². The van der Waals surface area contributed by atoms with Crippen LogP contribution in [0.3, 0.4) is 0 Å². The highest BCUT2D eigenvalue weighted by Crippen LogP contribution is 2.36. The fourth-order valence-electron chi connectivity index (χ4n) is 6.51. The highest BCUT2D eigenvalue weighted by Gasteiger charge is 2.24. The van der Waals surface area contributed by atoms with E-state index in [-0.39, 0.29) is 0 Å². The molecule has 6 nitrogen and oxygen atoms in total. The predicted octanol–water partition coefficient (Wildman–Crippen LogP) is 10.2. The number of allylic oxidation sites excluding steroid dienone is 1. The first-order valence-electron chi connectivity index (χ1n) is 16.2. The van der Waals surface area contributed by atoms with Gasteiger partial charge < -0.3 is 0 Å². The third-order valence-electron chi connectivity index (χ3n) is 8.94. The summed E-state index contributed by atoms with van der Waals surface area (Å²) in [6.07, 6.45) is 3.91. The van der Waals surface area contributed by atoms with Gasteiger partial charge in [-0.2, -0.15) is 5.10 Å². The average Bonchev–Trinajstić information content (AvgIpc) is 3.17. The molecule has 1 aliphatic carbocycles. The zero-order valence-electron chi connectivity index (χ0n) is 26.3. The molecule has 0 fully saturated rings. The Kier molecular flexibility index (Phi) is 6.84. The SMILES string of the molecule is N=C1/C(=N\Nc2ccccc2)C=Cc2c(-c3cccc(-c4ccc5ccc6ccc(-c7ccccc7)nc6c5n4)c3)nc3ccccc3c21. The van der Waals surface area contributed by atoms with Crippen LogP contribution in [0.1, 0.15) is 11.1 Å². The number of rotatable bonds is 5. The van der Waals surface area contributed by atoms with Crippen LogP contribution in [-0.2, 0) is 0 Å². The molecule has 2 N–H and O–H groups in total. The maximum absolute atomic E-state index is 9.26. The molecule has 0 aliphatic heterocycles. The highest BCUT2D eigenvalue weighted by molar-refractivity contribution is 6.55. The number of hydrogen-bond donors (Lipinski definition) is 2. The molecule has 3 aromatic heterocycles. The topological polar surface area (TPSA) is 86.9 Å². The van der Waals surface area contributed by atoms with Crippen LogP contribution < -0.4 is 5.43 Å². The first-order valence-corrected chi connectivity index (χ1v) is 16.2. The predicted molar refractivity (Wildman–Crippen MR) is 202 cm³/mol. The lowest BCUT2D eigenvalue weighted by atomic mass is 9.88. The van der Waals surface area contributed by atoms with Crippen molar-refractivity contribution < 1.29 is 0 Å². The van der Waals surface area contributed by atoms with Gasteiger partial charge in [-0.15, -0.1) is 0 Å². The van der Waals surface area contributed by atoms with Crippen LogP contribution in [0.2, 0.25) is 0 Å². The molecule has 8 aromatic rings. The maximum atomic E-state index is 9.26. The summed E-state index contributed by atoms with van der Waals surface area (Å²) < 4.78 is 0. The summed E-state index contributed by atoms with van der Waals surface area (Å²) in [5.74, 6) is 0. The van der Waals surface area contributed by atoms with Gasteiger partial charge in [-0.25, -0.2) is 15.0 Å². The number of fused-ring (bicyclic) bond motifs is 6. The summed E-state index contributed by atoms with van der Waals surface area (Å²) >= 11 is 0. The largest absolute Gasteiger partial charge is 0.298 e. The first-order chi connectivity index (χ1) is 24.2. The molecule has 0 bridgehead atoms. The molecule has 1 aliphatic rings. The van der Waals surface area contributed by atoms with Gasteiger partial charge in [0.25, 0.3) is 0 Å². The Morgan fingerprint density at radius 3 is 1.90 bits per heavy atom. The molecule has 6 heteroatoms. The van der Waals surface area contributed by atoms with Gasteiger partial charge in [0, 0.05) is 44.0 Å². The number of hydrazone groups is 1. The van der Waals surface area contributed by atoms with E-state index in [1.807, 2.05) is 91.0 Å². The van der Waals surface area contributed by atoms with Crippen molar-refractivity contribution in [1.29, 1.82) is 5.41 Å². The van der Waals surface area contributed by atoms with E-state index in [4.69, 9.17) is 15.0 Å². The molecule has 230 valence electrons. The van der Waals surface area contributed by atoms with Crippen molar-refractivity contribution in [2.45, 2.75) is 0 Å². The van der Waals surface area contributed by atoms with E-state index < -0.39 is 0 Å². The minimum absolute atomic E-state index is 0.349. The summed E-state index contributed by atoms with van der Waals surface area (Å²) in [6, 6.07) is 48.9. The normalized spacial score (nSPS) is 13.3. The van der Waals surface area contributed by atoms with E-state index in [1.165, 1.54) is 0 Å². The molecule has 0 atom stereocenters. The Morgan fingerprint density at radius 1 is 0.531 bits per heavy atom. The summed E-state index contributed by atoms with van der Waals surface area (Å²) in [4.78, 5) is 15.4. The molecule has 0 radical (unpaired) electrons. The van der Waals surface area contributed by atoms with E-state index >= 15 is 0 Å². The molecule has 0 saturated heterocycles. The summed E-state index contributed by atoms with van der Waals surface area (Å²) in [7, 11) is 0. The molecule has 0 unspecified atom stereocenters. The van der Waals surface area contributed by atoms with Crippen molar-refractivity contribution >= 4 is 55.9 Å². The number of hydrogen-bond acceptors (Lipinski definition) is 6. The van der Waals surface area contributed by atoms with Gasteiger partial charge in [-0.3, -0.25) is 10.8 Å². The Hall–Kier alpha value is -6.79. The van der Waals surface area contributed by atoms with E-state index in [9.17, 15) is 5.41 Å². The smallest absolute Gasteiger partial charge is 0.109 e. The van der Waals surface area contributed by atoms with Crippen LogP contribution >= 0.6 is 0 Å². The molecule has 0 spiro atoms. The number of benzene rings is 5. The van der Waals surface area contributed by atoms with E-state index in [2.05, 4.69) is 77.3 Å². The number of pyridine rings is 3. The third kappa shape index (κ3) is 5.12. The monoisotopic (exact) mass is 628 g/mol. The minimum Gasteiger partial charge on any atom is -0.298 e. The van der Waals surface area contributed by atoms with Gasteiger partial charge in [0.15, 0.2) is 0 Å². The molecule has 5 aromatic carbocycles. The molecule has 0 saturated carbocycles. The van der Waals surface area contributed by atoms with Crippen molar-refractivity contribution in [2.75, 3.05) is 5.43 Å². The van der Waals surface area contributed by atoms with E-state index in [0.717, 1.165) is 83.3 Å². The Balaban J connectivity index is 1.15. The van der Waals surface area contributed by atoms with Gasteiger partial charge in [0.2, 0.25) is 0 Å². The maximum Gasteiger partial charge on any atom is 0.109 e. The average molecular weight is 629 g/mol. The number of nitrogens with zero attached hydrogens (tertiary/aromatic N) is 4. The van der Waals surface area contributed by atoms with Gasteiger partial charge in [-0.1, -0.05) is 109 Å². The zero-order chi connectivity index (χ0) is 32.7. The lowest BCUT2D eigenvalue weighted by Gasteiger charge is -2.20. The van der Waals surface area contributed by atoms with Crippen molar-refractivity contribution in [2.24, 2.45) is 5.10 Å². The standard InChI is InChI=1S/C43H28N6/c44-40-38(49-48-32-14-5-2-6-15-32)25-22-34-39(40)33-16-7-8-17-37(33)47-41(34)31-13-9-12-30(26-31)36-24-21-29-19-18-28-20-23-35(27-10-3-1-4-11-27)45-42(28)43(29)46-36/h1-26,44,48H/b44-40?,49-38-. The Bertz CT molecular complexity index is 2640. The van der Waals surface area contributed by atoms with Crippen molar-refractivity contribution in [3.8, 4) is 33.8 Å². The van der Waals surface area contributed by atoms with Crippen LogP contribution in [0, 0.1) is 5.41 Å². The summed E-state index contributed by atoms with van der Waals surface area (Å²) in [6.45, 7) is 0. The molecule has 3 heterocycles. The van der Waals surface area contributed by atoms with Gasteiger partial charge in [-0.05, 0) is 48.6 Å². The Labute approximate surface area is 282 Å². The number of para-hydroxylation sites is 2. The van der Waals surface area contributed by atoms with Crippen LogP contribution in [0.25, 0.3) is 72.6 Å². The first kappa shape index (κ1) is 28.4. The molecule has 9 rings (SSSR count). The van der Waals surface area contributed by atoms with Crippen LogP contribution in [-0.4, -0.2) is 26.4 Å². The lowest BCUT2D eigenvalue weighted by Crippen LogP contribution is -2.20. The summed E-state index contributed by atoms with van der Waals surface area (Å²) in [5.41, 5.74) is 14.7. The van der Waals surface area contributed by atoms with Crippen molar-refractivity contribution in [1.82, 2.24) is 15.0 Å². The van der Waals surface area contributed by atoms with Gasteiger partial charge >= 0.3 is 0 Å². The van der Waals surface area contributed by atoms with Crippen LogP contribution in [0.5, 0.6) is 0 Å². The third-order valence-corrected chi connectivity index (χ3v) is 8.94. The van der Waals surface area contributed by atoms with E-state index in [1.54, 1.807) is 0 Å². The Morgan fingerprint density at radius 2 is 1.14 bits per heavy atom. The van der Waals surface area contributed by atoms with Gasteiger partial charge in [0.1, 0.15) is 5.71 Å². The number of anilines is 1. The minimum atomic E-state index is 0.349. The van der Waals surface area contributed by atoms with Crippen molar-refractivity contribution in [3.63, 3.8) is 0 Å². The molecular formula is C43H28N6. The fourth-order valence-corrected chi connectivity index (χ4v) is 6.51. The quantitative estimate of drug-likeness (QED) is 0.147. The zero-order valence-corrected chi connectivity index (χ0v) is 26.3. The lowest BCUT2D eigenvalue weighted by molar-refractivity contribution is 1.33. The number of aromatic nitrogens is 3. The van der Waals surface area contributed by atoms with E-state index in [0.29, 0.717) is 11.4 Å². The molecule has 0 amide bonds. The van der Waals surface area contributed by atoms with Crippen LogP contribution in [0.15, 0.2) is 157 Å². The summed E-state index contributed by atoms with van der Waals surface area (Å²) in [5, 5.41) is 16.9. The molecular weight excluding hydrogens is 601 g/mol.